The van der Waals surface area contributed by atoms with Gasteiger partial charge in [0.25, 0.3) is 0 Å². The second-order valence-electron chi connectivity index (χ2n) is 5.49. The maximum Gasteiger partial charge on any atom is 0.0897 e. The number of aliphatic hydroxyl groups excluding tert-OH is 2. The standard InChI is InChI=1S/C12H23NO2/c1-13(7-12(15)8-14)6-11-5-9-2-3-10(11)4-9/h9-12,14-15H,2-8H2,1H3. The number of hydrogen-bond acceptors (Lipinski definition) is 3. The molecule has 0 radical (unpaired) electrons. The summed E-state index contributed by atoms with van der Waals surface area (Å²) < 4.78 is 0. The van der Waals surface area contributed by atoms with Crippen LogP contribution in [0.1, 0.15) is 25.7 Å². The summed E-state index contributed by atoms with van der Waals surface area (Å²) in [7, 11) is 2.05. The molecule has 3 nitrogen and oxygen atoms in total. The number of aliphatic hydroxyl groups is 2. The molecule has 2 fully saturated rings. The first-order valence-electron chi connectivity index (χ1n) is 6.16. The van der Waals surface area contributed by atoms with Gasteiger partial charge in [-0.15, -0.1) is 0 Å². The summed E-state index contributed by atoms with van der Waals surface area (Å²) in [4.78, 5) is 2.17. The maximum absolute atomic E-state index is 9.34. The van der Waals surface area contributed by atoms with Crippen molar-refractivity contribution in [2.45, 2.75) is 31.8 Å². The Bertz CT molecular complexity index is 210. The molecule has 2 aliphatic rings. The van der Waals surface area contributed by atoms with Gasteiger partial charge < -0.3 is 15.1 Å². The first-order valence-corrected chi connectivity index (χ1v) is 6.16. The minimum atomic E-state index is -0.575. The van der Waals surface area contributed by atoms with Gasteiger partial charge in [0.2, 0.25) is 0 Å². The van der Waals surface area contributed by atoms with Crippen molar-refractivity contribution in [1.82, 2.24) is 4.90 Å². The van der Waals surface area contributed by atoms with E-state index in [1.54, 1.807) is 0 Å². The van der Waals surface area contributed by atoms with Gasteiger partial charge in [0.1, 0.15) is 0 Å². The molecule has 4 unspecified atom stereocenters. The second-order valence-corrected chi connectivity index (χ2v) is 5.49. The minimum absolute atomic E-state index is 0.124. The molecule has 0 spiro atoms. The van der Waals surface area contributed by atoms with E-state index in [0.29, 0.717) is 6.54 Å². The molecule has 0 saturated heterocycles. The quantitative estimate of drug-likeness (QED) is 0.707. The Labute approximate surface area is 92.1 Å². The van der Waals surface area contributed by atoms with Crippen molar-refractivity contribution in [2.75, 3.05) is 26.7 Å². The molecule has 3 heteroatoms. The Morgan fingerprint density at radius 1 is 1.33 bits per heavy atom. The third-order valence-electron chi connectivity index (χ3n) is 4.16. The van der Waals surface area contributed by atoms with Crippen LogP contribution in [0.5, 0.6) is 0 Å². The van der Waals surface area contributed by atoms with Gasteiger partial charge in [-0.1, -0.05) is 6.42 Å². The summed E-state index contributed by atoms with van der Waals surface area (Å²) >= 11 is 0. The number of rotatable bonds is 5. The van der Waals surface area contributed by atoms with Crippen LogP contribution < -0.4 is 0 Å². The summed E-state index contributed by atoms with van der Waals surface area (Å²) in [5.74, 6) is 2.79. The molecular formula is C12H23NO2. The SMILES string of the molecule is CN(CC(O)CO)CC1CC2CCC1C2. The minimum Gasteiger partial charge on any atom is -0.394 e. The van der Waals surface area contributed by atoms with E-state index in [9.17, 15) is 5.11 Å². The summed E-state index contributed by atoms with van der Waals surface area (Å²) in [5, 5.41) is 18.1. The summed E-state index contributed by atoms with van der Waals surface area (Å²) in [5.41, 5.74) is 0. The van der Waals surface area contributed by atoms with Crippen molar-refractivity contribution >= 4 is 0 Å². The van der Waals surface area contributed by atoms with Gasteiger partial charge in [-0.3, -0.25) is 0 Å². The average Bonchev–Trinajstić information content (AvgIpc) is 2.78. The largest absolute Gasteiger partial charge is 0.394 e. The number of hydrogen-bond donors (Lipinski definition) is 2. The van der Waals surface area contributed by atoms with Gasteiger partial charge in [0, 0.05) is 13.1 Å². The van der Waals surface area contributed by atoms with E-state index < -0.39 is 6.10 Å². The maximum atomic E-state index is 9.34. The Morgan fingerprint density at radius 2 is 2.13 bits per heavy atom. The number of likely N-dealkylation sites (N-methyl/N-ethyl adjacent to an activating group) is 1. The summed E-state index contributed by atoms with van der Waals surface area (Å²) in [6.07, 6.45) is 5.13. The normalized spacial score (nSPS) is 36.4. The first kappa shape index (κ1) is 11.4. The highest BCUT2D eigenvalue weighted by Gasteiger charge is 2.39. The highest BCUT2D eigenvalue weighted by molar-refractivity contribution is 4.91. The van der Waals surface area contributed by atoms with E-state index in [2.05, 4.69) is 4.90 Å². The van der Waals surface area contributed by atoms with Crippen molar-refractivity contribution in [3.63, 3.8) is 0 Å². The van der Waals surface area contributed by atoms with E-state index in [-0.39, 0.29) is 6.61 Å². The van der Waals surface area contributed by atoms with Crippen LogP contribution in [0.25, 0.3) is 0 Å². The molecule has 88 valence electrons. The van der Waals surface area contributed by atoms with Gasteiger partial charge in [-0.2, -0.15) is 0 Å². The van der Waals surface area contributed by atoms with Crippen molar-refractivity contribution < 1.29 is 10.2 Å². The van der Waals surface area contributed by atoms with Gasteiger partial charge in [0.05, 0.1) is 12.7 Å². The predicted molar refractivity (Wildman–Crippen MR) is 59.5 cm³/mol. The number of fused-ring (bicyclic) bond motifs is 2. The Kier molecular flexibility index (Phi) is 3.65. The molecule has 2 bridgehead atoms. The van der Waals surface area contributed by atoms with E-state index in [1.165, 1.54) is 25.7 Å². The van der Waals surface area contributed by atoms with E-state index >= 15 is 0 Å². The monoisotopic (exact) mass is 213 g/mol. The molecule has 2 rings (SSSR count). The third kappa shape index (κ3) is 2.71. The number of nitrogens with zero attached hydrogens (tertiary/aromatic N) is 1. The summed E-state index contributed by atoms with van der Waals surface area (Å²) in [6.45, 7) is 1.57. The molecule has 2 aliphatic carbocycles. The lowest BCUT2D eigenvalue weighted by atomic mass is 9.88. The van der Waals surface area contributed by atoms with Crippen LogP contribution in [-0.2, 0) is 0 Å². The molecule has 2 saturated carbocycles. The lowest BCUT2D eigenvalue weighted by Gasteiger charge is -2.28. The Balaban J connectivity index is 1.72. The van der Waals surface area contributed by atoms with Gasteiger partial charge in [-0.25, -0.2) is 0 Å². The van der Waals surface area contributed by atoms with Crippen molar-refractivity contribution in [3.8, 4) is 0 Å². The molecule has 15 heavy (non-hydrogen) atoms. The predicted octanol–water partition coefficient (Wildman–Crippen LogP) is 0.708. The van der Waals surface area contributed by atoms with Gasteiger partial charge in [0.15, 0.2) is 0 Å². The van der Waals surface area contributed by atoms with Crippen molar-refractivity contribution in [1.29, 1.82) is 0 Å². The molecule has 0 aliphatic heterocycles. The van der Waals surface area contributed by atoms with Crippen LogP contribution in [0, 0.1) is 17.8 Å². The average molecular weight is 213 g/mol. The Morgan fingerprint density at radius 3 is 2.67 bits per heavy atom. The highest BCUT2D eigenvalue weighted by atomic mass is 16.3. The van der Waals surface area contributed by atoms with Gasteiger partial charge in [-0.05, 0) is 44.1 Å². The fraction of sp³-hybridized carbons (Fsp3) is 1.00. The van der Waals surface area contributed by atoms with Gasteiger partial charge >= 0.3 is 0 Å². The third-order valence-corrected chi connectivity index (χ3v) is 4.16. The molecule has 2 N–H and O–H groups in total. The highest BCUT2D eigenvalue weighted by Crippen LogP contribution is 2.48. The molecule has 4 atom stereocenters. The lowest BCUT2D eigenvalue weighted by Crippen LogP contribution is -2.36. The van der Waals surface area contributed by atoms with Crippen LogP contribution in [0.15, 0.2) is 0 Å². The van der Waals surface area contributed by atoms with E-state index in [4.69, 9.17) is 5.11 Å². The van der Waals surface area contributed by atoms with Crippen molar-refractivity contribution in [3.05, 3.63) is 0 Å². The van der Waals surface area contributed by atoms with Crippen molar-refractivity contribution in [2.24, 2.45) is 17.8 Å². The van der Waals surface area contributed by atoms with Crippen LogP contribution in [-0.4, -0.2) is 48.0 Å². The fourth-order valence-corrected chi connectivity index (χ4v) is 3.49. The lowest BCUT2D eigenvalue weighted by molar-refractivity contribution is 0.0594. The smallest absolute Gasteiger partial charge is 0.0897 e. The zero-order valence-electron chi connectivity index (χ0n) is 9.60. The molecule has 0 heterocycles. The molecule has 0 amide bonds. The second kappa shape index (κ2) is 4.81. The molecule has 0 aromatic heterocycles. The molecule has 0 aromatic rings. The van der Waals surface area contributed by atoms with E-state index in [0.717, 1.165) is 24.3 Å². The summed E-state index contributed by atoms with van der Waals surface area (Å²) in [6, 6.07) is 0. The fourth-order valence-electron chi connectivity index (χ4n) is 3.49. The zero-order valence-corrected chi connectivity index (χ0v) is 9.60. The molecular weight excluding hydrogens is 190 g/mol. The first-order chi connectivity index (χ1) is 7.19. The van der Waals surface area contributed by atoms with Crippen LogP contribution in [0.2, 0.25) is 0 Å². The van der Waals surface area contributed by atoms with Crippen LogP contribution in [0.3, 0.4) is 0 Å². The Hall–Kier alpha value is -0.120. The topological polar surface area (TPSA) is 43.7 Å². The van der Waals surface area contributed by atoms with Crippen LogP contribution >= 0.6 is 0 Å². The zero-order chi connectivity index (χ0) is 10.8. The van der Waals surface area contributed by atoms with E-state index in [1.807, 2.05) is 7.05 Å². The molecule has 0 aromatic carbocycles. The van der Waals surface area contributed by atoms with Crippen LogP contribution in [0.4, 0.5) is 0 Å².